The lowest BCUT2D eigenvalue weighted by atomic mass is 10.1. The molecule has 0 saturated heterocycles. The number of anilines is 2. The summed E-state index contributed by atoms with van der Waals surface area (Å²) >= 11 is 12.3. The maximum absolute atomic E-state index is 13.5. The predicted molar refractivity (Wildman–Crippen MR) is 139 cm³/mol. The van der Waals surface area contributed by atoms with Gasteiger partial charge in [0.2, 0.25) is 5.91 Å². The second-order valence-electron chi connectivity index (χ2n) is 7.90. The van der Waals surface area contributed by atoms with Crippen LogP contribution in [0.2, 0.25) is 10.0 Å². The van der Waals surface area contributed by atoms with E-state index in [2.05, 4.69) is 5.32 Å². The first-order valence-electron chi connectivity index (χ1n) is 10.8. The molecule has 0 atom stereocenters. The summed E-state index contributed by atoms with van der Waals surface area (Å²) in [6, 6.07) is 27.2. The van der Waals surface area contributed by atoms with Crippen molar-refractivity contribution in [1.29, 1.82) is 0 Å². The van der Waals surface area contributed by atoms with E-state index in [9.17, 15) is 14.0 Å². The Morgan fingerprint density at radius 2 is 1.49 bits per heavy atom. The van der Waals surface area contributed by atoms with Gasteiger partial charge in [-0.15, -0.1) is 0 Å². The van der Waals surface area contributed by atoms with Gasteiger partial charge in [0.15, 0.2) is 0 Å². The third kappa shape index (κ3) is 6.47. The summed E-state index contributed by atoms with van der Waals surface area (Å²) in [4.78, 5) is 27.5. The summed E-state index contributed by atoms with van der Waals surface area (Å²) in [6.45, 7) is 0.336. The summed E-state index contributed by atoms with van der Waals surface area (Å²) in [6.07, 6.45) is 0.132. The number of rotatable bonds is 7. The lowest BCUT2D eigenvalue weighted by Crippen LogP contribution is -2.30. The first-order valence-corrected chi connectivity index (χ1v) is 11.6. The molecule has 0 aromatic heterocycles. The highest BCUT2D eigenvalue weighted by Gasteiger charge is 2.21. The van der Waals surface area contributed by atoms with Crippen molar-refractivity contribution in [2.45, 2.75) is 13.0 Å². The number of benzene rings is 4. The molecule has 0 aliphatic rings. The zero-order chi connectivity index (χ0) is 24.8. The van der Waals surface area contributed by atoms with Gasteiger partial charge in [-0.2, -0.15) is 0 Å². The molecule has 0 aliphatic carbocycles. The zero-order valence-corrected chi connectivity index (χ0v) is 20.1. The van der Waals surface area contributed by atoms with Crippen molar-refractivity contribution in [1.82, 2.24) is 0 Å². The molecule has 4 aromatic carbocycles. The SMILES string of the molecule is O=C(Cc1ccc(N(Cc2ccccc2)C(=O)c2ccc(Cl)cc2Cl)cc1)Nc1ccc(F)cc1. The van der Waals surface area contributed by atoms with Crippen LogP contribution in [0, 0.1) is 5.82 Å². The number of hydrogen-bond donors (Lipinski definition) is 1. The fourth-order valence-electron chi connectivity index (χ4n) is 3.57. The average molecular weight is 507 g/mol. The predicted octanol–water partition coefficient (Wildman–Crippen LogP) is 7.16. The maximum atomic E-state index is 13.5. The molecule has 7 heteroatoms. The normalized spacial score (nSPS) is 10.6. The van der Waals surface area contributed by atoms with Gasteiger partial charge in [-0.3, -0.25) is 9.59 Å². The Balaban J connectivity index is 1.54. The van der Waals surface area contributed by atoms with Crippen LogP contribution in [0.1, 0.15) is 21.5 Å². The molecule has 4 aromatic rings. The molecule has 0 unspecified atom stereocenters. The van der Waals surface area contributed by atoms with Crippen molar-refractivity contribution in [2.75, 3.05) is 10.2 Å². The van der Waals surface area contributed by atoms with E-state index < -0.39 is 0 Å². The highest BCUT2D eigenvalue weighted by Crippen LogP contribution is 2.26. The Kier molecular flexibility index (Phi) is 7.80. The summed E-state index contributed by atoms with van der Waals surface area (Å²) in [5.74, 6) is -0.861. The lowest BCUT2D eigenvalue weighted by molar-refractivity contribution is -0.115. The van der Waals surface area contributed by atoms with Crippen LogP contribution in [0.5, 0.6) is 0 Å². The second kappa shape index (κ2) is 11.2. The van der Waals surface area contributed by atoms with E-state index in [-0.39, 0.29) is 29.1 Å². The van der Waals surface area contributed by atoms with Crippen LogP contribution < -0.4 is 10.2 Å². The van der Waals surface area contributed by atoms with E-state index in [1.165, 1.54) is 24.3 Å². The van der Waals surface area contributed by atoms with E-state index in [1.54, 1.807) is 47.4 Å². The van der Waals surface area contributed by atoms with Crippen molar-refractivity contribution in [3.05, 3.63) is 130 Å². The molecule has 0 radical (unpaired) electrons. The zero-order valence-electron chi connectivity index (χ0n) is 18.5. The minimum Gasteiger partial charge on any atom is -0.326 e. The average Bonchev–Trinajstić information content (AvgIpc) is 2.85. The summed E-state index contributed by atoms with van der Waals surface area (Å²) in [5.41, 5.74) is 3.24. The number of carbonyl (C=O) groups excluding carboxylic acids is 2. The number of nitrogens with zero attached hydrogens (tertiary/aromatic N) is 1. The molecule has 1 N–H and O–H groups in total. The van der Waals surface area contributed by atoms with Gasteiger partial charge in [-0.1, -0.05) is 65.7 Å². The maximum Gasteiger partial charge on any atom is 0.260 e. The third-order valence-corrected chi connectivity index (χ3v) is 5.88. The number of hydrogen-bond acceptors (Lipinski definition) is 2. The van der Waals surface area contributed by atoms with Crippen LogP contribution in [0.15, 0.2) is 97.1 Å². The Bertz CT molecular complexity index is 1330. The molecule has 176 valence electrons. The molecule has 35 heavy (non-hydrogen) atoms. The van der Waals surface area contributed by atoms with E-state index in [0.29, 0.717) is 28.5 Å². The van der Waals surface area contributed by atoms with Gasteiger partial charge < -0.3 is 10.2 Å². The minimum absolute atomic E-state index is 0.132. The monoisotopic (exact) mass is 506 g/mol. The van der Waals surface area contributed by atoms with Gasteiger partial charge in [0.1, 0.15) is 5.82 Å². The van der Waals surface area contributed by atoms with Crippen LogP contribution in [0.3, 0.4) is 0 Å². The largest absolute Gasteiger partial charge is 0.326 e. The van der Waals surface area contributed by atoms with Gasteiger partial charge in [0, 0.05) is 16.4 Å². The molecular formula is C28H21Cl2FN2O2. The standard InChI is InChI=1S/C28H21Cl2FN2O2/c29-21-8-15-25(26(30)17-21)28(35)33(18-20-4-2-1-3-5-20)24-13-6-19(7-14-24)16-27(34)32-23-11-9-22(31)10-12-23/h1-15,17H,16,18H2,(H,32,34). The van der Waals surface area contributed by atoms with Crippen LogP contribution in [0.4, 0.5) is 15.8 Å². The van der Waals surface area contributed by atoms with Gasteiger partial charge in [-0.05, 0) is 65.7 Å². The van der Waals surface area contributed by atoms with Crippen LogP contribution in [0.25, 0.3) is 0 Å². The molecular weight excluding hydrogens is 486 g/mol. The van der Waals surface area contributed by atoms with Crippen molar-refractivity contribution >= 4 is 46.4 Å². The molecule has 4 nitrogen and oxygen atoms in total. The van der Waals surface area contributed by atoms with Crippen molar-refractivity contribution in [3.63, 3.8) is 0 Å². The van der Waals surface area contributed by atoms with E-state index in [0.717, 1.165) is 11.1 Å². The number of carbonyl (C=O) groups is 2. The first-order chi connectivity index (χ1) is 16.9. The Hall–Kier alpha value is -3.67. The van der Waals surface area contributed by atoms with Crippen molar-refractivity contribution in [3.8, 4) is 0 Å². The topological polar surface area (TPSA) is 49.4 Å². The first kappa shape index (κ1) is 24.5. The Morgan fingerprint density at radius 1 is 0.800 bits per heavy atom. The molecule has 0 fully saturated rings. The van der Waals surface area contributed by atoms with Crippen LogP contribution in [-0.4, -0.2) is 11.8 Å². The quantitative estimate of drug-likeness (QED) is 0.289. The number of nitrogens with one attached hydrogen (secondary N) is 1. The van der Waals surface area contributed by atoms with E-state index >= 15 is 0 Å². The van der Waals surface area contributed by atoms with E-state index in [4.69, 9.17) is 23.2 Å². The fourth-order valence-corrected chi connectivity index (χ4v) is 4.06. The molecule has 0 aliphatic heterocycles. The summed E-state index contributed by atoms with van der Waals surface area (Å²) < 4.78 is 13.1. The van der Waals surface area contributed by atoms with Crippen molar-refractivity contribution < 1.29 is 14.0 Å². The smallest absolute Gasteiger partial charge is 0.260 e. The second-order valence-corrected chi connectivity index (χ2v) is 8.74. The Labute approximate surface area is 212 Å². The lowest BCUT2D eigenvalue weighted by Gasteiger charge is -2.24. The van der Waals surface area contributed by atoms with Crippen LogP contribution >= 0.6 is 23.2 Å². The molecule has 0 heterocycles. The molecule has 4 rings (SSSR count). The van der Waals surface area contributed by atoms with Gasteiger partial charge in [0.05, 0.1) is 23.6 Å². The van der Waals surface area contributed by atoms with Gasteiger partial charge in [0.25, 0.3) is 5.91 Å². The minimum atomic E-state index is -0.368. The molecule has 0 bridgehead atoms. The molecule has 0 saturated carbocycles. The van der Waals surface area contributed by atoms with E-state index in [1.807, 2.05) is 30.3 Å². The van der Waals surface area contributed by atoms with Crippen LogP contribution in [-0.2, 0) is 17.8 Å². The van der Waals surface area contributed by atoms with Crippen molar-refractivity contribution in [2.24, 2.45) is 0 Å². The highest BCUT2D eigenvalue weighted by atomic mass is 35.5. The van der Waals surface area contributed by atoms with Gasteiger partial charge >= 0.3 is 0 Å². The number of amides is 2. The third-order valence-electron chi connectivity index (χ3n) is 5.33. The molecule has 2 amide bonds. The van der Waals surface area contributed by atoms with Gasteiger partial charge in [-0.25, -0.2) is 4.39 Å². The fraction of sp³-hybridized carbons (Fsp3) is 0.0714. The number of halogens is 3. The summed E-state index contributed by atoms with van der Waals surface area (Å²) in [7, 11) is 0. The summed E-state index contributed by atoms with van der Waals surface area (Å²) in [5, 5.41) is 3.46. The highest BCUT2D eigenvalue weighted by molar-refractivity contribution is 6.37. The molecule has 0 spiro atoms. The Morgan fingerprint density at radius 3 is 2.14 bits per heavy atom.